The standard InChI is InChI=1S/C12H18O2.BH2O2/c1-11(2,13)12(3,4)14-10-8-6-5-7-9-10;2-1-3/h5-9,13H,1-4H3;2-3H. The van der Waals surface area contributed by atoms with E-state index in [-0.39, 0.29) is 7.69 Å². The third-order valence-electron chi connectivity index (χ3n) is 2.59. The molecule has 0 fully saturated rings. The lowest BCUT2D eigenvalue weighted by atomic mass is 9.89. The minimum atomic E-state index is -0.872. The predicted molar refractivity (Wildman–Crippen MR) is 67.6 cm³/mol. The van der Waals surface area contributed by atoms with Crippen LogP contribution in [0.4, 0.5) is 0 Å². The molecule has 1 radical (unpaired) electrons. The van der Waals surface area contributed by atoms with Gasteiger partial charge in [-0.2, -0.15) is 0 Å². The van der Waals surface area contributed by atoms with E-state index < -0.39 is 11.2 Å². The first-order valence-corrected chi connectivity index (χ1v) is 5.31. The summed E-state index contributed by atoms with van der Waals surface area (Å²) in [5.74, 6) is 0.777. The lowest BCUT2D eigenvalue weighted by Gasteiger charge is -2.37. The maximum atomic E-state index is 9.88. The molecular formula is C12H20BO4. The van der Waals surface area contributed by atoms with E-state index in [4.69, 9.17) is 14.8 Å². The molecule has 4 nitrogen and oxygen atoms in total. The average molecular weight is 239 g/mol. The highest BCUT2D eigenvalue weighted by Crippen LogP contribution is 2.27. The minimum Gasteiger partial charge on any atom is -0.485 e. The normalized spacial score (nSPS) is 11.2. The van der Waals surface area contributed by atoms with E-state index in [1.54, 1.807) is 13.8 Å². The van der Waals surface area contributed by atoms with Crippen molar-refractivity contribution in [1.82, 2.24) is 0 Å². The molecule has 5 heteroatoms. The summed E-state index contributed by atoms with van der Waals surface area (Å²) >= 11 is 0. The second kappa shape index (κ2) is 6.64. The Morgan fingerprint density at radius 2 is 1.41 bits per heavy atom. The van der Waals surface area contributed by atoms with Gasteiger partial charge in [0.15, 0.2) is 0 Å². The van der Waals surface area contributed by atoms with Crippen LogP contribution in [-0.4, -0.2) is 34.0 Å². The van der Waals surface area contributed by atoms with Crippen LogP contribution in [0.3, 0.4) is 0 Å². The van der Waals surface area contributed by atoms with Crippen molar-refractivity contribution in [3.8, 4) is 5.75 Å². The van der Waals surface area contributed by atoms with Crippen LogP contribution in [0.1, 0.15) is 27.7 Å². The molecule has 1 rings (SSSR count). The molecule has 0 spiro atoms. The van der Waals surface area contributed by atoms with Crippen molar-refractivity contribution in [1.29, 1.82) is 0 Å². The number of rotatable bonds is 3. The SMILES string of the molecule is CC(C)(O)C(C)(C)Oc1ccccc1.O[B]O. The monoisotopic (exact) mass is 239 g/mol. The van der Waals surface area contributed by atoms with Gasteiger partial charge < -0.3 is 19.9 Å². The molecule has 1 aromatic rings. The van der Waals surface area contributed by atoms with Crippen molar-refractivity contribution in [3.05, 3.63) is 30.3 Å². The van der Waals surface area contributed by atoms with Crippen LogP contribution in [0.2, 0.25) is 0 Å². The summed E-state index contributed by atoms with van der Waals surface area (Å²) in [6.45, 7) is 7.24. The van der Waals surface area contributed by atoms with Crippen molar-refractivity contribution >= 4 is 7.69 Å². The van der Waals surface area contributed by atoms with E-state index in [1.165, 1.54) is 0 Å². The van der Waals surface area contributed by atoms with Gasteiger partial charge in [-0.15, -0.1) is 0 Å². The van der Waals surface area contributed by atoms with E-state index in [2.05, 4.69) is 0 Å². The van der Waals surface area contributed by atoms with Gasteiger partial charge in [-0.3, -0.25) is 0 Å². The number of hydrogen-bond donors (Lipinski definition) is 3. The van der Waals surface area contributed by atoms with E-state index in [1.807, 2.05) is 44.2 Å². The Kier molecular flexibility index (Phi) is 6.24. The molecule has 17 heavy (non-hydrogen) atoms. The summed E-state index contributed by atoms with van der Waals surface area (Å²) in [6, 6.07) is 9.52. The molecule has 0 bridgehead atoms. The van der Waals surface area contributed by atoms with Crippen LogP contribution in [0.25, 0.3) is 0 Å². The maximum absolute atomic E-state index is 9.88. The Labute approximate surface area is 103 Å². The van der Waals surface area contributed by atoms with E-state index in [0.717, 1.165) is 5.75 Å². The van der Waals surface area contributed by atoms with Crippen molar-refractivity contribution in [2.45, 2.75) is 38.9 Å². The Balaban J connectivity index is 0.000000770. The van der Waals surface area contributed by atoms with E-state index in [9.17, 15) is 5.11 Å². The lowest BCUT2D eigenvalue weighted by Crippen LogP contribution is -2.49. The fourth-order valence-corrected chi connectivity index (χ4v) is 0.908. The molecule has 0 aliphatic rings. The first-order chi connectivity index (χ1) is 7.74. The number of ether oxygens (including phenoxy) is 1. The van der Waals surface area contributed by atoms with Gasteiger partial charge in [-0.05, 0) is 39.8 Å². The van der Waals surface area contributed by atoms with Gasteiger partial charge in [0.05, 0.1) is 5.60 Å². The van der Waals surface area contributed by atoms with Crippen LogP contribution in [-0.2, 0) is 0 Å². The number of para-hydroxylation sites is 1. The van der Waals surface area contributed by atoms with Gasteiger partial charge in [0.1, 0.15) is 11.4 Å². The molecule has 0 amide bonds. The summed E-state index contributed by atoms with van der Waals surface area (Å²) in [7, 11) is 0. The molecule has 3 N–H and O–H groups in total. The molecule has 1 aromatic carbocycles. The third-order valence-corrected chi connectivity index (χ3v) is 2.59. The number of hydrogen-bond acceptors (Lipinski definition) is 4. The highest BCUT2D eigenvalue weighted by Gasteiger charge is 2.37. The topological polar surface area (TPSA) is 69.9 Å². The molecule has 0 heterocycles. The largest absolute Gasteiger partial charge is 0.485 e. The van der Waals surface area contributed by atoms with Gasteiger partial charge >= 0.3 is 7.69 Å². The lowest BCUT2D eigenvalue weighted by molar-refractivity contribution is -0.0906. The first kappa shape index (κ1) is 16.0. The third kappa shape index (κ3) is 5.72. The van der Waals surface area contributed by atoms with Gasteiger partial charge in [0.2, 0.25) is 0 Å². The summed E-state index contributed by atoms with van der Waals surface area (Å²) in [5, 5.41) is 23.9. The molecule has 0 saturated carbocycles. The van der Waals surface area contributed by atoms with E-state index >= 15 is 0 Å². The van der Waals surface area contributed by atoms with Crippen LogP contribution < -0.4 is 4.74 Å². The average Bonchev–Trinajstić information content (AvgIpc) is 2.17. The zero-order valence-corrected chi connectivity index (χ0v) is 10.7. The smallest absolute Gasteiger partial charge is 0.482 e. The quantitative estimate of drug-likeness (QED) is 0.691. The number of benzene rings is 1. The van der Waals surface area contributed by atoms with Gasteiger partial charge in [-0.25, -0.2) is 0 Å². The fourth-order valence-electron chi connectivity index (χ4n) is 0.908. The predicted octanol–water partition coefficient (Wildman–Crippen LogP) is 1.12. The fraction of sp³-hybridized carbons (Fsp3) is 0.500. The first-order valence-electron chi connectivity index (χ1n) is 5.31. The van der Waals surface area contributed by atoms with Crippen LogP contribution in [0, 0.1) is 0 Å². The van der Waals surface area contributed by atoms with Crippen molar-refractivity contribution in [3.63, 3.8) is 0 Å². The molecule has 0 aliphatic carbocycles. The molecule has 0 unspecified atom stereocenters. The second-order valence-electron chi connectivity index (χ2n) is 4.60. The molecule has 0 aliphatic heterocycles. The Morgan fingerprint density at radius 1 is 1.00 bits per heavy atom. The summed E-state index contributed by atoms with van der Waals surface area (Å²) in [5.41, 5.74) is -1.48. The van der Waals surface area contributed by atoms with Crippen LogP contribution >= 0.6 is 0 Å². The van der Waals surface area contributed by atoms with E-state index in [0.29, 0.717) is 0 Å². The number of aliphatic hydroxyl groups is 1. The Morgan fingerprint density at radius 3 is 1.76 bits per heavy atom. The zero-order chi connectivity index (χ0) is 13.5. The Hall–Kier alpha value is -1.04. The maximum Gasteiger partial charge on any atom is 0.482 e. The molecule has 95 valence electrons. The molecule has 0 aromatic heterocycles. The summed E-state index contributed by atoms with van der Waals surface area (Å²) in [6.07, 6.45) is 0. The van der Waals surface area contributed by atoms with Crippen LogP contribution in [0.15, 0.2) is 30.3 Å². The Bertz CT molecular complexity index is 306. The van der Waals surface area contributed by atoms with Crippen molar-refractivity contribution < 1.29 is 19.9 Å². The molecular weight excluding hydrogens is 219 g/mol. The summed E-state index contributed by atoms with van der Waals surface area (Å²) in [4.78, 5) is 0. The molecule has 0 saturated heterocycles. The van der Waals surface area contributed by atoms with Gasteiger partial charge in [0, 0.05) is 0 Å². The summed E-state index contributed by atoms with van der Waals surface area (Å²) < 4.78 is 5.72. The van der Waals surface area contributed by atoms with Crippen molar-refractivity contribution in [2.75, 3.05) is 0 Å². The highest BCUT2D eigenvalue weighted by molar-refractivity contribution is 6.13. The van der Waals surface area contributed by atoms with Gasteiger partial charge in [-0.1, -0.05) is 18.2 Å². The highest BCUT2D eigenvalue weighted by atomic mass is 16.5. The van der Waals surface area contributed by atoms with Gasteiger partial charge in [0.25, 0.3) is 0 Å². The van der Waals surface area contributed by atoms with Crippen LogP contribution in [0.5, 0.6) is 5.75 Å². The molecule has 0 atom stereocenters. The second-order valence-corrected chi connectivity index (χ2v) is 4.60. The van der Waals surface area contributed by atoms with Crippen molar-refractivity contribution in [2.24, 2.45) is 0 Å². The minimum absolute atomic E-state index is 0. The zero-order valence-electron chi connectivity index (χ0n) is 10.7.